The Kier molecular flexibility index (Phi) is 4.84. The molecule has 1 atom stereocenters. The minimum absolute atomic E-state index is 0.0616. The van der Waals surface area contributed by atoms with Crippen molar-refractivity contribution >= 4 is 26.7 Å². The SMILES string of the molecule is CCCC(C)(CC)Nc1nc2ccc(OC(F)(F)F)cc2s1. The van der Waals surface area contributed by atoms with E-state index in [1.807, 2.05) is 0 Å². The van der Waals surface area contributed by atoms with Gasteiger partial charge in [-0.25, -0.2) is 4.98 Å². The number of aromatic nitrogens is 1. The van der Waals surface area contributed by atoms with Crippen LogP contribution in [0.1, 0.15) is 40.0 Å². The summed E-state index contributed by atoms with van der Waals surface area (Å²) in [5.41, 5.74) is 0.602. The normalized spacial score (nSPS) is 14.8. The highest BCUT2D eigenvalue weighted by atomic mass is 32.1. The molecule has 0 saturated heterocycles. The first-order valence-electron chi connectivity index (χ1n) is 7.19. The molecule has 7 heteroatoms. The summed E-state index contributed by atoms with van der Waals surface area (Å²) in [5, 5.41) is 4.13. The van der Waals surface area contributed by atoms with Crippen LogP contribution in [-0.4, -0.2) is 16.9 Å². The molecular weight excluding hydrogens is 313 g/mol. The number of nitrogens with one attached hydrogen (secondary N) is 1. The number of thiazole rings is 1. The van der Waals surface area contributed by atoms with Crippen LogP contribution in [0.2, 0.25) is 0 Å². The maximum absolute atomic E-state index is 12.3. The number of rotatable bonds is 6. The molecule has 1 unspecified atom stereocenters. The monoisotopic (exact) mass is 332 g/mol. The number of alkyl halides is 3. The van der Waals surface area contributed by atoms with Crippen LogP contribution in [0.4, 0.5) is 18.3 Å². The number of ether oxygens (including phenoxy) is 1. The molecule has 0 bridgehead atoms. The highest BCUT2D eigenvalue weighted by molar-refractivity contribution is 7.22. The first-order valence-corrected chi connectivity index (χ1v) is 8.01. The molecule has 0 radical (unpaired) electrons. The lowest BCUT2D eigenvalue weighted by atomic mass is 9.93. The third-order valence-electron chi connectivity index (χ3n) is 3.58. The maximum atomic E-state index is 12.3. The summed E-state index contributed by atoms with van der Waals surface area (Å²) in [4.78, 5) is 4.44. The molecule has 0 saturated carbocycles. The number of halogens is 3. The summed E-state index contributed by atoms with van der Waals surface area (Å²) in [5.74, 6) is -0.220. The van der Waals surface area contributed by atoms with Gasteiger partial charge < -0.3 is 10.1 Å². The summed E-state index contributed by atoms with van der Waals surface area (Å²) in [7, 11) is 0. The van der Waals surface area contributed by atoms with Crippen molar-refractivity contribution in [2.75, 3.05) is 5.32 Å². The quantitative estimate of drug-likeness (QED) is 0.750. The summed E-state index contributed by atoms with van der Waals surface area (Å²) in [6.45, 7) is 6.35. The molecule has 1 aromatic carbocycles. The van der Waals surface area contributed by atoms with Gasteiger partial charge in [-0.05, 0) is 31.9 Å². The average molecular weight is 332 g/mol. The molecule has 2 rings (SSSR count). The van der Waals surface area contributed by atoms with Crippen LogP contribution >= 0.6 is 11.3 Å². The lowest BCUT2D eigenvalue weighted by Crippen LogP contribution is -2.33. The molecule has 1 aromatic heterocycles. The van der Waals surface area contributed by atoms with E-state index < -0.39 is 6.36 Å². The van der Waals surface area contributed by atoms with Crippen LogP contribution < -0.4 is 10.1 Å². The molecule has 2 aromatic rings. The van der Waals surface area contributed by atoms with Gasteiger partial charge in [0.2, 0.25) is 0 Å². The molecule has 0 fully saturated rings. The van der Waals surface area contributed by atoms with Gasteiger partial charge in [0.05, 0.1) is 10.2 Å². The van der Waals surface area contributed by atoms with Crippen molar-refractivity contribution in [2.45, 2.75) is 51.9 Å². The van der Waals surface area contributed by atoms with Gasteiger partial charge in [0.25, 0.3) is 0 Å². The fraction of sp³-hybridized carbons (Fsp3) is 0.533. The van der Waals surface area contributed by atoms with Crippen molar-refractivity contribution < 1.29 is 17.9 Å². The molecule has 1 N–H and O–H groups in total. The summed E-state index contributed by atoms with van der Waals surface area (Å²) in [6.07, 6.45) is -1.69. The van der Waals surface area contributed by atoms with Crippen molar-refractivity contribution in [1.82, 2.24) is 4.98 Å². The second-order valence-electron chi connectivity index (χ2n) is 5.49. The Labute approximate surface area is 131 Å². The predicted molar refractivity (Wildman–Crippen MR) is 83.5 cm³/mol. The number of nitrogens with zero attached hydrogens (tertiary/aromatic N) is 1. The Balaban J connectivity index is 2.23. The van der Waals surface area contributed by atoms with Crippen molar-refractivity contribution in [3.63, 3.8) is 0 Å². The maximum Gasteiger partial charge on any atom is 0.573 e. The van der Waals surface area contributed by atoms with Crippen molar-refractivity contribution in [3.05, 3.63) is 18.2 Å². The zero-order valence-electron chi connectivity index (χ0n) is 12.8. The van der Waals surface area contributed by atoms with E-state index in [1.165, 1.54) is 23.5 Å². The lowest BCUT2D eigenvalue weighted by Gasteiger charge is -2.29. The second kappa shape index (κ2) is 6.32. The number of anilines is 1. The van der Waals surface area contributed by atoms with Gasteiger partial charge in [-0.2, -0.15) is 0 Å². The summed E-state index contributed by atoms with van der Waals surface area (Å²) >= 11 is 1.34. The average Bonchev–Trinajstić information content (AvgIpc) is 2.78. The molecule has 122 valence electrons. The number of benzene rings is 1. The molecule has 22 heavy (non-hydrogen) atoms. The van der Waals surface area contributed by atoms with Gasteiger partial charge in [0.1, 0.15) is 5.75 Å². The van der Waals surface area contributed by atoms with Crippen LogP contribution in [0.15, 0.2) is 18.2 Å². The van der Waals surface area contributed by atoms with Gasteiger partial charge in [0, 0.05) is 11.6 Å². The van der Waals surface area contributed by atoms with E-state index in [0.717, 1.165) is 24.4 Å². The second-order valence-corrected chi connectivity index (χ2v) is 6.52. The van der Waals surface area contributed by atoms with E-state index in [-0.39, 0.29) is 11.3 Å². The van der Waals surface area contributed by atoms with Crippen LogP contribution in [0.25, 0.3) is 10.2 Å². The van der Waals surface area contributed by atoms with Gasteiger partial charge >= 0.3 is 6.36 Å². The smallest absolute Gasteiger partial charge is 0.406 e. The highest BCUT2D eigenvalue weighted by Crippen LogP contribution is 2.33. The third-order valence-corrected chi connectivity index (χ3v) is 4.52. The molecule has 0 aliphatic heterocycles. The van der Waals surface area contributed by atoms with Gasteiger partial charge in [0.15, 0.2) is 5.13 Å². The molecule has 0 amide bonds. The minimum atomic E-state index is -4.68. The fourth-order valence-electron chi connectivity index (χ4n) is 2.29. The van der Waals surface area contributed by atoms with E-state index in [9.17, 15) is 13.2 Å². The Morgan fingerprint density at radius 2 is 2.00 bits per heavy atom. The number of fused-ring (bicyclic) bond motifs is 1. The van der Waals surface area contributed by atoms with Crippen LogP contribution in [-0.2, 0) is 0 Å². The Morgan fingerprint density at radius 3 is 2.59 bits per heavy atom. The van der Waals surface area contributed by atoms with E-state index in [2.05, 4.69) is 35.8 Å². The van der Waals surface area contributed by atoms with Crippen LogP contribution in [0.3, 0.4) is 0 Å². The van der Waals surface area contributed by atoms with E-state index in [1.54, 1.807) is 6.07 Å². The summed E-state index contributed by atoms with van der Waals surface area (Å²) in [6, 6.07) is 4.19. The van der Waals surface area contributed by atoms with Crippen molar-refractivity contribution in [1.29, 1.82) is 0 Å². The lowest BCUT2D eigenvalue weighted by molar-refractivity contribution is -0.274. The van der Waals surface area contributed by atoms with E-state index >= 15 is 0 Å². The minimum Gasteiger partial charge on any atom is -0.406 e. The Bertz CT molecular complexity index is 641. The van der Waals surface area contributed by atoms with Gasteiger partial charge in [-0.1, -0.05) is 31.6 Å². The van der Waals surface area contributed by atoms with Crippen LogP contribution in [0, 0.1) is 0 Å². The number of hydrogen-bond acceptors (Lipinski definition) is 4. The zero-order valence-corrected chi connectivity index (χ0v) is 13.6. The van der Waals surface area contributed by atoms with Gasteiger partial charge in [-0.15, -0.1) is 13.2 Å². The molecule has 3 nitrogen and oxygen atoms in total. The number of hydrogen-bond donors (Lipinski definition) is 1. The Hall–Kier alpha value is -1.50. The standard InChI is InChI=1S/C15H19F3N2OS/c1-4-8-14(3,5-2)20-13-19-11-7-6-10(9-12(11)22-13)21-15(16,17)18/h6-7,9H,4-5,8H2,1-3H3,(H,19,20). The van der Waals surface area contributed by atoms with E-state index in [4.69, 9.17) is 0 Å². The predicted octanol–water partition coefficient (Wildman–Crippen LogP) is 5.58. The molecule has 0 aliphatic rings. The van der Waals surface area contributed by atoms with Gasteiger partial charge in [-0.3, -0.25) is 0 Å². The van der Waals surface area contributed by atoms with Crippen molar-refractivity contribution in [3.8, 4) is 5.75 Å². The third kappa shape index (κ3) is 4.25. The summed E-state index contributed by atoms with van der Waals surface area (Å²) < 4.78 is 41.4. The first kappa shape index (κ1) is 16.9. The topological polar surface area (TPSA) is 34.2 Å². The highest BCUT2D eigenvalue weighted by Gasteiger charge is 2.31. The largest absolute Gasteiger partial charge is 0.573 e. The zero-order chi connectivity index (χ0) is 16.4. The molecule has 0 spiro atoms. The fourth-order valence-corrected chi connectivity index (χ4v) is 3.34. The first-order chi connectivity index (χ1) is 10.2. The molecular formula is C15H19F3N2OS. The van der Waals surface area contributed by atoms with E-state index in [0.29, 0.717) is 10.2 Å². The van der Waals surface area contributed by atoms with Crippen LogP contribution in [0.5, 0.6) is 5.75 Å². The van der Waals surface area contributed by atoms with Crippen molar-refractivity contribution in [2.24, 2.45) is 0 Å². The Morgan fingerprint density at radius 1 is 1.27 bits per heavy atom. The molecule has 0 aliphatic carbocycles. The molecule has 1 heterocycles.